The molecule has 1 aromatic carbocycles. The normalized spacial score (nSPS) is 20.4. The Balaban J connectivity index is 2.22. The number of aliphatic hydroxyl groups is 1. The average Bonchev–Trinajstić information content (AvgIpc) is 2.49. The Hall–Kier alpha value is -1.11. The fourth-order valence-electron chi connectivity index (χ4n) is 2.74. The third-order valence-corrected chi connectivity index (χ3v) is 5.74. The van der Waals surface area contributed by atoms with Crippen LogP contribution in [-0.2, 0) is 10.0 Å². The van der Waals surface area contributed by atoms with Crippen LogP contribution in [0, 0.1) is 0 Å². The van der Waals surface area contributed by atoms with Crippen molar-refractivity contribution in [3.05, 3.63) is 24.3 Å². The minimum absolute atomic E-state index is 0.0139. The number of hydrogen-bond acceptors (Lipinski definition) is 4. The van der Waals surface area contributed by atoms with Gasteiger partial charge in [0.2, 0.25) is 10.0 Å². The van der Waals surface area contributed by atoms with Gasteiger partial charge in [0, 0.05) is 19.2 Å². The predicted molar refractivity (Wildman–Crippen MR) is 80.8 cm³/mol. The van der Waals surface area contributed by atoms with Gasteiger partial charge in [-0.2, -0.15) is 4.31 Å². The molecule has 1 saturated heterocycles. The van der Waals surface area contributed by atoms with Crippen LogP contribution in [0.5, 0.6) is 5.75 Å². The Bertz CT molecular complexity index is 539. The van der Waals surface area contributed by atoms with Crippen molar-refractivity contribution in [2.45, 2.75) is 43.5 Å². The first-order chi connectivity index (χ1) is 10.1. The molecule has 0 aliphatic carbocycles. The molecule has 0 radical (unpaired) electrons. The third kappa shape index (κ3) is 3.75. The molecule has 1 fully saturated rings. The lowest BCUT2D eigenvalue weighted by atomic mass is 10.0. The van der Waals surface area contributed by atoms with Crippen molar-refractivity contribution in [1.82, 2.24) is 4.31 Å². The first kappa shape index (κ1) is 16.3. The van der Waals surface area contributed by atoms with E-state index in [-0.39, 0.29) is 17.5 Å². The maximum absolute atomic E-state index is 12.7. The number of hydrogen-bond donors (Lipinski definition) is 1. The number of piperidine rings is 1. The first-order valence-electron chi connectivity index (χ1n) is 7.45. The maximum Gasteiger partial charge on any atom is 0.243 e. The molecule has 1 atom stereocenters. The standard InChI is InChI=1S/C15H23NO4S/c1-2-20-14-6-8-15(9-7-14)21(18,19)16-11-4-3-5-13(16)10-12-17/h6-9,13,17H,2-5,10-12H2,1H3. The van der Waals surface area contributed by atoms with E-state index in [0.717, 1.165) is 19.3 Å². The molecule has 1 unspecified atom stereocenters. The minimum Gasteiger partial charge on any atom is -0.494 e. The molecule has 0 saturated carbocycles. The molecule has 6 heteroatoms. The molecule has 1 aliphatic heterocycles. The maximum atomic E-state index is 12.7. The summed E-state index contributed by atoms with van der Waals surface area (Å²) in [4.78, 5) is 0.288. The van der Waals surface area contributed by atoms with E-state index < -0.39 is 10.0 Å². The highest BCUT2D eigenvalue weighted by Gasteiger charge is 2.32. The highest BCUT2D eigenvalue weighted by Crippen LogP contribution is 2.27. The van der Waals surface area contributed by atoms with Crippen LogP contribution in [0.3, 0.4) is 0 Å². The zero-order chi connectivity index (χ0) is 15.3. The Morgan fingerprint density at radius 2 is 2.00 bits per heavy atom. The van der Waals surface area contributed by atoms with Gasteiger partial charge in [-0.25, -0.2) is 8.42 Å². The Morgan fingerprint density at radius 3 is 2.62 bits per heavy atom. The van der Waals surface area contributed by atoms with Crippen molar-refractivity contribution in [3.8, 4) is 5.75 Å². The van der Waals surface area contributed by atoms with Crippen molar-refractivity contribution in [3.63, 3.8) is 0 Å². The summed E-state index contributed by atoms with van der Waals surface area (Å²) in [6.45, 7) is 2.98. The van der Waals surface area contributed by atoms with Crippen molar-refractivity contribution >= 4 is 10.0 Å². The summed E-state index contributed by atoms with van der Waals surface area (Å²) in [5.74, 6) is 0.669. The number of sulfonamides is 1. The van der Waals surface area contributed by atoms with Gasteiger partial charge < -0.3 is 9.84 Å². The molecule has 0 spiro atoms. The second kappa shape index (κ2) is 7.24. The molecule has 0 amide bonds. The van der Waals surface area contributed by atoms with E-state index >= 15 is 0 Å². The van der Waals surface area contributed by atoms with E-state index in [9.17, 15) is 8.42 Å². The Kier molecular flexibility index (Phi) is 5.61. The van der Waals surface area contributed by atoms with E-state index in [1.54, 1.807) is 28.6 Å². The van der Waals surface area contributed by atoms with Crippen LogP contribution < -0.4 is 4.74 Å². The molecule has 1 aliphatic rings. The zero-order valence-corrected chi connectivity index (χ0v) is 13.2. The number of rotatable bonds is 6. The number of aliphatic hydroxyl groups excluding tert-OH is 1. The van der Waals surface area contributed by atoms with Gasteiger partial charge in [0.1, 0.15) is 5.75 Å². The molecule has 2 rings (SSSR count). The van der Waals surface area contributed by atoms with Gasteiger partial charge in [0.15, 0.2) is 0 Å². The number of ether oxygens (including phenoxy) is 1. The van der Waals surface area contributed by atoms with E-state index in [1.165, 1.54) is 0 Å². The highest BCUT2D eigenvalue weighted by atomic mass is 32.2. The van der Waals surface area contributed by atoms with Gasteiger partial charge in [0.05, 0.1) is 11.5 Å². The fraction of sp³-hybridized carbons (Fsp3) is 0.600. The summed E-state index contributed by atoms with van der Waals surface area (Å²) >= 11 is 0. The molecule has 5 nitrogen and oxygen atoms in total. The van der Waals surface area contributed by atoms with Crippen LogP contribution in [0.4, 0.5) is 0 Å². The number of benzene rings is 1. The van der Waals surface area contributed by atoms with Crippen molar-refractivity contribution < 1.29 is 18.3 Å². The third-order valence-electron chi connectivity index (χ3n) is 3.78. The molecule has 21 heavy (non-hydrogen) atoms. The highest BCUT2D eigenvalue weighted by molar-refractivity contribution is 7.89. The van der Waals surface area contributed by atoms with Crippen LogP contribution in [0.25, 0.3) is 0 Å². The topological polar surface area (TPSA) is 66.8 Å². The summed E-state index contributed by atoms with van der Waals surface area (Å²) in [6.07, 6.45) is 3.20. The van der Waals surface area contributed by atoms with Crippen LogP contribution in [0.2, 0.25) is 0 Å². The van der Waals surface area contributed by atoms with Crippen LogP contribution in [0.1, 0.15) is 32.6 Å². The molecule has 1 heterocycles. The van der Waals surface area contributed by atoms with Gasteiger partial charge in [-0.15, -0.1) is 0 Å². The second-order valence-corrected chi connectivity index (χ2v) is 7.07. The van der Waals surface area contributed by atoms with E-state index in [4.69, 9.17) is 9.84 Å². The monoisotopic (exact) mass is 313 g/mol. The molecule has 118 valence electrons. The van der Waals surface area contributed by atoms with Crippen molar-refractivity contribution in [1.29, 1.82) is 0 Å². The van der Waals surface area contributed by atoms with E-state index in [2.05, 4.69) is 0 Å². The van der Waals surface area contributed by atoms with Crippen LogP contribution in [-0.4, -0.2) is 43.6 Å². The minimum atomic E-state index is -3.50. The van der Waals surface area contributed by atoms with E-state index in [1.807, 2.05) is 6.92 Å². The van der Waals surface area contributed by atoms with Gasteiger partial charge in [-0.1, -0.05) is 6.42 Å². The zero-order valence-electron chi connectivity index (χ0n) is 12.4. The summed E-state index contributed by atoms with van der Waals surface area (Å²) in [5.41, 5.74) is 0. The SMILES string of the molecule is CCOc1ccc(S(=O)(=O)N2CCCCC2CCO)cc1. The summed E-state index contributed by atoms with van der Waals surface area (Å²) in [6, 6.07) is 6.44. The van der Waals surface area contributed by atoms with Crippen molar-refractivity contribution in [2.24, 2.45) is 0 Å². The Labute approximate surface area is 126 Å². The molecular formula is C15H23NO4S. The lowest BCUT2D eigenvalue weighted by Crippen LogP contribution is -2.44. The largest absolute Gasteiger partial charge is 0.494 e. The first-order valence-corrected chi connectivity index (χ1v) is 8.89. The summed E-state index contributed by atoms with van der Waals surface area (Å²) < 4.78 is 32.4. The van der Waals surface area contributed by atoms with Crippen LogP contribution >= 0.6 is 0 Å². The molecule has 1 N–H and O–H groups in total. The quantitative estimate of drug-likeness (QED) is 0.872. The molecule has 0 aromatic heterocycles. The molecule has 1 aromatic rings. The molecule has 0 bridgehead atoms. The van der Waals surface area contributed by atoms with Crippen molar-refractivity contribution in [2.75, 3.05) is 19.8 Å². The van der Waals surface area contributed by atoms with Gasteiger partial charge >= 0.3 is 0 Å². The number of nitrogens with zero attached hydrogens (tertiary/aromatic N) is 1. The van der Waals surface area contributed by atoms with Gasteiger partial charge in [-0.05, 0) is 50.5 Å². The smallest absolute Gasteiger partial charge is 0.243 e. The predicted octanol–water partition coefficient (Wildman–Crippen LogP) is 2.01. The summed E-state index contributed by atoms with van der Waals surface area (Å²) in [7, 11) is -3.50. The lowest BCUT2D eigenvalue weighted by Gasteiger charge is -2.34. The summed E-state index contributed by atoms with van der Waals surface area (Å²) in [5, 5.41) is 9.13. The lowest BCUT2D eigenvalue weighted by molar-refractivity contribution is 0.192. The van der Waals surface area contributed by atoms with E-state index in [0.29, 0.717) is 25.3 Å². The van der Waals surface area contributed by atoms with Gasteiger partial charge in [-0.3, -0.25) is 0 Å². The average molecular weight is 313 g/mol. The fourth-order valence-corrected chi connectivity index (χ4v) is 4.46. The Morgan fingerprint density at radius 1 is 1.29 bits per heavy atom. The van der Waals surface area contributed by atoms with Crippen LogP contribution in [0.15, 0.2) is 29.2 Å². The molecular weight excluding hydrogens is 290 g/mol. The second-order valence-electron chi connectivity index (χ2n) is 5.18. The van der Waals surface area contributed by atoms with Gasteiger partial charge in [0.25, 0.3) is 0 Å².